The number of nitrogens with zero attached hydrogens (tertiary/aromatic N) is 2. The molecule has 2 aromatic carbocycles. The monoisotopic (exact) mass is 422 g/mol. The Kier molecular flexibility index (Phi) is 4.56. The molecule has 0 unspecified atom stereocenters. The highest BCUT2D eigenvalue weighted by molar-refractivity contribution is 14.1. The van der Waals surface area contributed by atoms with Crippen molar-refractivity contribution in [3.8, 4) is 17.4 Å². The normalized spacial score (nSPS) is 10.5. The number of carboxylic acid groups (broad SMARTS) is 1. The van der Waals surface area contributed by atoms with Crippen molar-refractivity contribution in [2.24, 2.45) is 0 Å². The molecule has 0 radical (unpaired) electrons. The van der Waals surface area contributed by atoms with Crippen molar-refractivity contribution in [2.45, 2.75) is 0 Å². The number of halogens is 1. The molecule has 6 nitrogen and oxygen atoms in total. The summed E-state index contributed by atoms with van der Waals surface area (Å²) in [7, 11) is 0. The third kappa shape index (κ3) is 4.07. The van der Waals surface area contributed by atoms with Crippen molar-refractivity contribution in [2.75, 3.05) is 6.61 Å². The fourth-order valence-electron chi connectivity index (χ4n) is 1.89. The van der Waals surface area contributed by atoms with Gasteiger partial charge in [-0.05, 0) is 65.1 Å². The molecule has 0 saturated heterocycles. The summed E-state index contributed by atoms with van der Waals surface area (Å²) >= 11 is 2.21. The Morgan fingerprint density at radius 3 is 2.57 bits per heavy atom. The van der Waals surface area contributed by atoms with E-state index in [0.29, 0.717) is 17.4 Å². The van der Waals surface area contributed by atoms with E-state index in [1.165, 1.54) is 0 Å². The van der Waals surface area contributed by atoms with Gasteiger partial charge in [-0.3, -0.25) is 0 Å². The van der Waals surface area contributed by atoms with Gasteiger partial charge in [-0.1, -0.05) is 0 Å². The van der Waals surface area contributed by atoms with Crippen LogP contribution in [0.4, 0.5) is 0 Å². The Morgan fingerprint density at radius 1 is 1.09 bits per heavy atom. The van der Waals surface area contributed by atoms with Crippen LogP contribution in [0.15, 0.2) is 48.7 Å². The van der Waals surface area contributed by atoms with E-state index in [1.54, 1.807) is 30.5 Å². The van der Waals surface area contributed by atoms with Gasteiger partial charge in [0.2, 0.25) is 5.88 Å². The highest BCUT2D eigenvalue weighted by atomic mass is 127. The molecule has 116 valence electrons. The number of carboxylic acids is 1. The lowest BCUT2D eigenvalue weighted by atomic mass is 10.3. The van der Waals surface area contributed by atoms with Gasteiger partial charge in [-0.2, -0.15) is 0 Å². The molecule has 0 amide bonds. The van der Waals surface area contributed by atoms with E-state index in [2.05, 4.69) is 32.6 Å². The van der Waals surface area contributed by atoms with Crippen LogP contribution in [0, 0.1) is 3.57 Å². The fourth-order valence-corrected chi connectivity index (χ4v) is 2.36. The summed E-state index contributed by atoms with van der Waals surface area (Å²) in [5, 5.41) is 8.56. The lowest BCUT2D eigenvalue weighted by molar-refractivity contribution is -0.139. The van der Waals surface area contributed by atoms with E-state index >= 15 is 0 Å². The second kappa shape index (κ2) is 6.78. The summed E-state index contributed by atoms with van der Waals surface area (Å²) in [5.74, 6) is 0.385. The fraction of sp³-hybridized carbons (Fsp3) is 0.0625. The molecular weight excluding hydrogens is 411 g/mol. The van der Waals surface area contributed by atoms with Crippen LogP contribution in [-0.2, 0) is 4.79 Å². The highest BCUT2D eigenvalue weighted by Gasteiger charge is 2.04. The molecular formula is C16H11IN2O4. The molecule has 0 spiro atoms. The van der Waals surface area contributed by atoms with Crippen molar-refractivity contribution in [1.82, 2.24) is 9.97 Å². The summed E-state index contributed by atoms with van der Waals surface area (Å²) in [4.78, 5) is 19.2. The number of ether oxygens (including phenoxy) is 2. The van der Waals surface area contributed by atoms with Crippen LogP contribution in [-0.4, -0.2) is 27.7 Å². The first-order valence-electron chi connectivity index (χ1n) is 6.65. The number of aromatic nitrogens is 2. The van der Waals surface area contributed by atoms with Gasteiger partial charge in [-0.25, -0.2) is 14.8 Å². The van der Waals surface area contributed by atoms with Crippen molar-refractivity contribution in [1.29, 1.82) is 0 Å². The Balaban J connectivity index is 1.75. The molecule has 1 N–H and O–H groups in total. The molecule has 0 aliphatic carbocycles. The summed E-state index contributed by atoms with van der Waals surface area (Å²) in [6.07, 6.45) is 1.56. The molecule has 23 heavy (non-hydrogen) atoms. The predicted molar refractivity (Wildman–Crippen MR) is 91.9 cm³/mol. The SMILES string of the molecule is O=C(O)COc1ccc(Oc2cnc3ccc(I)cc3n2)cc1. The van der Waals surface area contributed by atoms with Gasteiger partial charge in [0.05, 0.1) is 17.2 Å². The number of hydrogen-bond donors (Lipinski definition) is 1. The van der Waals surface area contributed by atoms with Gasteiger partial charge in [-0.15, -0.1) is 0 Å². The van der Waals surface area contributed by atoms with Crippen molar-refractivity contribution >= 4 is 39.6 Å². The molecule has 3 aromatic rings. The van der Waals surface area contributed by atoms with E-state index in [-0.39, 0.29) is 6.61 Å². The lowest BCUT2D eigenvalue weighted by Crippen LogP contribution is -2.09. The Labute approximate surface area is 145 Å². The number of fused-ring (bicyclic) bond motifs is 1. The third-order valence-corrected chi connectivity index (χ3v) is 3.56. The second-order valence-electron chi connectivity index (χ2n) is 4.60. The molecule has 0 fully saturated rings. The first-order valence-corrected chi connectivity index (χ1v) is 7.73. The minimum Gasteiger partial charge on any atom is -0.482 e. The van der Waals surface area contributed by atoms with Crippen LogP contribution in [0.3, 0.4) is 0 Å². The maximum absolute atomic E-state index is 10.4. The maximum atomic E-state index is 10.4. The van der Waals surface area contributed by atoms with E-state index in [9.17, 15) is 4.79 Å². The predicted octanol–water partition coefficient (Wildman–Crippen LogP) is 3.49. The van der Waals surface area contributed by atoms with Crippen molar-refractivity contribution in [3.05, 3.63) is 52.2 Å². The quantitative estimate of drug-likeness (QED) is 0.635. The van der Waals surface area contributed by atoms with Crippen LogP contribution in [0.2, 0.25) is 0 Å². The van der Waals surface area contributed by atoms with Gasteiger partial charge < -0.3 is 14.6 Å². The van der Waals surface area contributed by atoms with E-state index < -0.39 is 5.97 Å². The van der Waals surface area contributed by atoms with Crippen LogP contribution >= 0.6 is 22.6 Å². The average molecular weight is 422 g/mol. The third-order valence-electron chi connectivity index (χ3n) is 2.89. The molecule has 1 aromatic heterocycles. The Morgan fingerprint density at radius 2 is 1.83 bits per heavy atom. The minimum absolute atomic E-state index is 0.380. The first-order chi connectivity index (χ1) is 11.1. The van der Waals surface area contributed by atoms with Gasteiger partial charge >= 0.3 is 5.97 Å². The summed E-state index contributed by atoms with van der Waals surface area (Å²) in [6, 6.07) is 12.4. The number of hydrogen-bond acceptors (Lipinski definition) is 5. The van der Waals surface area contributed by atoms with Gasteiger partial charge in [0.15, 0.2) is 6.61 Å². The summed E-state index contributed by atoms with van der Waals surface area (Å²) in [6.45, 7) is -0.380. The lowest BCUT2D eigenvalue weighted by Gasteiger charge is -2.07. The molecule has 0 saturated carbocycles. The van der Waals surface area contributed by atoms with Gasteiger partial charge in [0.1, 0.15) is 11.5 Å². The Bertz CT molecular complexity index is 852. The van der Waals surface area contributed by atoms with Crippen LogP contribution in [0.25, 0.3) is 11.0 Å². The molecule has 7 heteroatoms. The van der Waals surface area contributed by atoms with Crippen LogP contribution < -0.4 is 9.47 Å². The number of carbonyl (C=O) groups is 1. The summed E-state index contributed by atoms with van der Waals surface area (Å²) in [5.41, 5.74) is 1.56. The largest absolute Gasteiger partial charge is 0.482 e. The Hall–Kier alpha value is -2.42. The number of benzene rings is 2. The van der Waals surface area contributed by atoms with Crippen LogP contribution in [0.1, 0.15) is 0 Å². The zero-order valence-electron chi connectivity index (χ0n) is 11.8. The smallest absolute Gasteiger partial charge is 0.341 e. The van der Waals surface area contributed by atoms with Gasteiger partial charge in [0, 0.05) is 3.57 Å². The van der Waals surface area contributed by atoms with Crippen molar-refractivity contribution in [3.63, 3.8) is 0 Å². The van der Waals surface area contributed by atoms with E-state index in [1.807, 2.05) is 18.2 Å². The molecule has 1 heterocycles. The van der Waals surface area contributed by atoms with Crippen LogP contribution in [0.5, 0.6) is 17.4 Å². The van der Waals surface area contributed by atoms with Gasteiger partial charge in [0.25, 0.3) is 0 Å². The molecule has 0 aliphatic heterocycles. The molecule has 0 aliphatic rings. The standard InChI is InChI=1S/C16H11IN2O4/c17-10-1-6-13-14(7-10)19-15(8-18-13)23-12-4-2-11(3-5-12)22-9-16(20)21/h1-8H,9H2,(H,20,21). The average Bonchev–Trinajstić information content (AvgIpc) is 2.54. The van der Waals surface area contributed by atoms with E-state index in [4.69, 9.17) is 14.6 Å². The number of aliphatic carboxylic acids is 1. The molecule has 0 atom stereocenters. The topological polar surface area (TPSA) is 81.5 Å². The molecule has 3 rings (SSSR count). The molecule has 0 bridgehead atoms. The number of rotatable bonds is 5. The van der Waals surface area contributed by atoms with Crippen molar-refractivity contribution < 1.29 is 19.4 Å². The first kappa shape index (κ1) is 15.5. The maximum Gasteiger partial charge on any atom is 0.341 e. The zero-order valence-corrected chi connectivity index (χ0v) is 13.9. The summed E-state index contributed by atoms with van der Waals surface area (Å²) < 4.78 is 11.8. The van der Waals surface area contributed by atoms with E-state index in [0.717, 1.165) is 14.6 Å². The highest BCUT2D eigenvalue weighted by Crippen LogP contribution is 2.24. The minimum atomic E-state index is -1.02. The zero-order chi connectivity index (χ0) is 16.2. The second-order valence-corrected chi connectivity index (χ2v) is 5.84.